The van der Waals surface area contributed by atoms with Crippen molar-refractivity contribution < 1.29 is 9.59 Å². The molecule has 2 heterocycles. The molecule has 0 aromatic carbocycles. The van der Waals surface area contributed by atoms with E-state index in [2.05, 4.69) is 17.1 Å². The minimum atomic E-state index is -0.688. The van der Waals surface area contributed by atoms with Gasteiger partial charge in [-0.15, -0.1) is 0 Å². The number of rotatable bonds is 6. The molecule has 2 saturated heterocycles. The van der Waals surface area contributed by atoms with E-state index in [-0.39, 0.29) is 11.9 Å². The number of imide groups is 1. The van der Waals surface area contributed by atoms with Gasteiger partial charge in [0.05, 0.1) is 6.07 Å². The summed E-state index contributed by atoms with van der Waals surface area (Å²) in [5.41, 5.74) is -0.688. The minimum Gasteiger partial charge on any atom is -0.323 e. The standard InChI is InChI=1S/C15H24N4O2/c1-2-3-9-18-11-6-15(7-12-18)13(20)19(14(21)17-15)10-5-4-8-16/h2-7,9-12H2,1H3,(H,17,21). The van der Waals surface area contributed by atoms with Crippen molar-refractivity contribution in [3.05, 3.63) is 0 Å². The molecule has 0 atom stereocenters. The highest BCUT2D eigenvalue weighted by molar-refractivity contribution is 6.07. The SMILES string of the molecule is CCCCN1CCC2(CC1)NC(=O)N(CCCC#N)C2=O. The molecule has 0 radical (unpaired) electrons. The molecule has 0 aliphatic carbocycles. The average molecular weight is 292 g/mol. The fourth-order valence-corrected chi connectivity index (χ4v) is 3.07. The molecule has 6 heteroatoms. The van der Waals surface area contributed by atoms with Gasteiger partial charge in [0.1, 0.15) is 5.54 Å². The second kappa shape index (κ2) is 6.90. The average Bonchev–Trinajstić information content (AvgIpc) is 2.71. The molecular weight excluding hydrogens is 268 g/mol. The first-order valence-corrected chi connectivity index (χ1v) is 7.86. The fourth-order valence-electron chi connectivity index (χ4n) is 3.07. The van der Waals surface area contributed by atoms with Gasteiger partial charge >= 0.3 is 6.03 Å². The number of hydrogen-bond donors (Lipinski definition) is 1. The van der Waals surface area contributed by atoms with Crippen LogP contribution in [-0.4, -0.2) is 53.5 Å². The van der Waals surface area contributed by atoms with E-state index in [1.165, 1.54) is 17.7 Å². The van der Waals surface area contributed by atoms with Crippen LogP contribution < -0.4 is 5.32 Å². The highest BCUT2D eigenvalue weighted by atomic mass is 16.2. The van der Waals surface area contributed by atoms with Gasteiger partial charge in [-0.3, -0.25) is 9.69 Å². The summed E-state index contributed by atoms with van der Waals surface area (Å²) in [6.45, 7) is 5.31. The number of nitrogens with zero attached hydrogens (tertiary/aromatic N) is 3. The number of carbonyl (C=O) groups excluding carboxylic acids is 2. The maximum absolute atomic E-state index is 12.5. The van der Waals surface area contributed by atoms with Crippen LogP contribution in [0.15, 0.2) is 0 Å². The third kappa shape index (κ3) is 3.35. The third-order valence-electron chi connectivity index (χ3n) is 4.45. The molecular formula is C15H24N4O2. The zero-order chi connectivity index (χ0) is 15.3. The molecule has 2 aliphatic heterocycles. The fraction of sp³-hybridized carbons (Fsp3) is 0.800. The van der Waals surface area contributed by atoms with Gasteiger partial charge < -0.3 is 10.2 Å². The van der Waals surface area contributed by atoms with Crippen molar-refractivity contribution in [2.24, 2.45) is 0 Å². The Hall–Kier alpha value is -1.61. The number of urea groups is 1. The van der Waals surface area contributed by atoms with E-state index >= 15 is 0 Å². The van der Waals surface area contributed by atoms with Crippen molar-refractivity contribution in [3.8, 4) is 6.07 Å². The highest BCUT2D eigenvalue weighted by Crippen LogP contribution is 2.29. The van der Waals surface area contributed by atoms with Gasteiger partial charge in [-0.2, -0.15) is 5.26 Å². The van der Waals surface area contributed by atoms with E-state index in [1.807, 2.05) is 6.07 Å². The van der Waals surface area contributed by atoms with Crippen molar-refractivity contribution in [1.82, 2.24) is 15.1 Å². The van der Waals surface area contributed by atoms with Crippen molar-refractivity contribution in [2.45, 2.75) is 51.0 Å². The molecule has 0 saturated carbocycles. The van der Waals surface area contributed by atoms with Crippen LogP contribution in [0.1, 0.15) is 45.4 Å². The first kappa shape index (κ1) is 15.8. The number of hydrogen-bond acceptors (Lipinski definition) is 4. The Kier molecular flexibility index (Phi) is 5.18. The van der Waals surface area contributed by atoms with Gasteiger partial charge in [-0.05, 0) is 32.2 Å². The van der Waals surface area contributed by atoms with Gasteiger partial charge in [0.15, 0.2) is 0 Å². The van der Waals surface area contributed by atoms with Crippen LogP contribution in [-0.2, 0) is 4.79 Å². The van der Waals surface area contributed by atoms with E-state index in [9.17, 15) is 9.59 Å². The number of piperidine rings is 1. The van der Waals surface area contributed by atoms with Crippen molar-refractivity contribution in [2.75, 3.05) is 26.2 Å². The summed E-state index contributed by atoms with van der Waals surface area (Å²) >= 11 is 0. The predicted molar refractivity (Wildman–Crippen MR) is 78.4 cm³/mol. The van der Waals surface area contributed by atoms with Crippen LogP contribution in [0, 0.1) is 11.3 Å². The molecule has 21 heavy (non-hydrogen) atoms. The minimum absolute atomic E-state index is 0.0967. The van der Waals surface area contributed by atoms with Gasteiger partial charge in [-0.25, -0.2) is 4.79 Å². The van der Waals surface area contributed by atoms with Crippen LogP contribution in [0.25, 0.3) is 0 Å². The number of carbonyl (C=O) groups is 2. The Morgan fingerprint density at radius 2 is 1.95 bits per heavy atom. The Labute approximate surface area is 126 Å². The number of unbranched alkanes of at least 4 members (excludes halogenated alkanes) is 2. The van der Waals surface area contributed by atoms with E-state index in [0.29, 0.717) is 32.2 Å². The first-order valence-electron chi connectivity index (χ1n) is 7.86. The molecule has 0 aromatic rings. The normalized spacial score (nSPS) is 21.6. The van der Waals surface area contributed by atoms with Gasteiger partial charge in [0.25, 0.3) is 5.91 Å². The maximum atomic E-state index is 12.5. The Morgan fingerprint density at radius 3 is 2.57 bits per heavy atom. The molecule has 0 unspecified atom stereocenters. The summed E-state index contributed by atoms with van der Waals surface area (Å²) in [6, 6.07) is 1.75. The van der Waals surface area contributed by atoms with Gasteiger partial charge in [-0.1, -0.05) is 13.3 Å². The molecule has 1 spiro atoms. The lowest BCUT2D eigenvalue weighted by atomic mass is 9.87. The molecule has 2 rings (SSSR count). The molecule has 116 valence electrons. The second-order valence-electron chi connectivity index (χ2n) is 5.93. The van der Waals surface area contributed by atoms with Crippen LogP contribution in [0.4, 0.5) is 4.79 Å². The van der Waals surface area contributed by atoms with Crippen LogP contribution >= 0.6 is 0 Å². The van der Waals surface area contributed by atoms with Gasteiger partial charge in [0, 0.05) is 26.1 Å². The zero-order valence-electron chi connectivity index (χ0n) is 12.7. The molecule has 2 fully saturated rings. The lowest BCUT2D eigenvalue weighted by molar-refractivity contribution is -0.133. The summed E-state index contributed by atoms with van der Waals surface area (Å²) in [6.07, 6.45) is 4.65. The largest absolute Gasteiger partial charge is 0.325 e. The zero-order valence-corrected chi connectivity index (χ0v) is 12.7. The summed E-state index contributed by atoms with van der Waals surface area (Å²) in [5, 5.41) is 11.5. The van der Waals surface area contributed by atoms with Crippen LogP contribution in [0.5, 0.6) is 0 Å². The molecule has 0 bridgehead atoms. The summed E-state index contributed by atoms with van der Waals surface area (Å²) < 4.78 is 0. The second-order valence-corrected chi connectivity index (χ2v) is 5.93. The van der Waals surface area contributed by atoms with Crippen molar-refractivity contribution >= 4 is 11.9 Å². The maximum Gasteiger partial charge on any atom is 0.325 e. The monoisotopic (exact) mass is 292 g/mol. The third-order valence-corrected chi connectivity index (χ3v) is 4.45. The predicted octanol–water partition coefficient (Wildman–Crippen LogP) is 1.48. The Bertz CT molecular complexity index is 435. The van der Waals surface area contributed by atoms with E-state index in [4.69, 9.17) is 5.26 Å². The van der Waals surface area contributed by atoms with E-state index in [1.54, 1.807) is 0 Å². The summed E-state index contributed by atoms with van der Waals surface area (Å²) in [5.74, 6) is -0.0967. The summed E-state index contributed by atoms with van der Waals surface area (Å²) in [4.78, 5) is 28.2. The number of nitrogens with one attached hydrogen (secondary N) is 1. The molecule has 6 nitrogen and oxygen atoms in total. The quantitative estimate of drug-likeness (QED) is 0.594. The van der Waals surface area contributed by atoms with E-state index < -0.39 is 5.54 Å². The van der Waals surface area contributed by atoms with E-state index in [0.717, 1.165) is 19.6 Å². The highest BCUT2D eigenvalue weighted by Gasteiger charge is 2.51. The molecule has 2 aliphatic rings. The lowest BCUT2D eigenvalue weighted by Gasteiger charge is -2.37. The van der Waals surface area contributed by atoms with Crippen molar-refractivity contribution in [3.63, 3.8) is 0 Å². The molecule has 0 aromatic heterocycles. The first-order chi connectivity index (χ1) is 10.1. The van der Waals surface area contributed by atoms with Gasteiger partial charge in [0.2, 0.25) is 0 Å². The topological polar surface area (TPSA) is 76.4 Å². The lowest BCUT2D eigenvalue weighted by Crippen LogP contribution is -2.55. The summed E-state index contributed by atoms with van der Waals surface area (Å²) in [7, 11) is 0. The van der Waals surface area contributed by atoms with Crippen LogP contribution in [0.2, 0.25) is 0 Å². The number of amides is 3. The molecule has 3 amide bonds. The number of nitriles is 1. The molecule has 1 N–H and O–H groups in total. The number of likely N-dealkylation sites (tertiary alicyclic amines) is 1. The van der Waals surface area contributed by atoms with Crippen LogP contribution in [0.3, 0.4) is 0 Å². The Balaban J connectivity index is 1.91. The van der Waals surface area contributed by atoms with Crippen molar-refractivity contribution in [1.29, 1.82) is 5.26 Å². The smallest absolute Gasteiger partial charge is 0.323 e. The Morgan fingerprint density at radius 1 is 1.24 bits per heavy atom.